The van der Waals surface area contributed by atoms with Gasteiger partial charge in [-0.05, 0) is 35.8 Å². The number of allylic oxidation sites excluding steroid dienone is 1. The monoisotopic (exact) mass is 284 g/mol. The van der Waals surface area contributed by atoms with Crippen molar-refractivity contribution in [2.24, 2.45) is 0 Å². The van der Waals surface area contributed by atoms with Crippen LogP contribution >= 0.6 is 11.5 Å². The van der Waals surface area contributed by atoms with Crippen LogP contribution in [0.1, 0.15) is 21.6 Å². The summed E-state index contributed by atoms with van der Waals surface area (Å²) in [5.41, 5.74) is -0.373. The van der Waals surface area contributed by atoms with Crippen LogP contribution in [-0.4, -0.2) is 15.4 Å². The first-order valence-corrected chi connectivity index (χ1v) is 5.97. The Bertz CT molecular complexity index is 606. The van der Waals surface area contributed by atoms with Crippen LogP contribution in [-0.2, 0) is 6.18 Å². The summed E-state index contributed by atoms with van der Waals surface area (Å²) < 4.78 is 41.1. The smallest absolute Gasteiger partial charge is 0.289 e. The molecule has 0 aliphatic rings. The third kappa shape index (κ3) is 3.47. The normalized spacial score (nSPS) is 11.9. The number of carbonyl (C=O) groups excluding carboxylic acids is 1. The van der Waals surface area contributed by atoms with Crippen LogP contribution in [0.2, 0.25) is 0 Å². The Morgan fingerprint density at radius 2 is 2.11 bits per heavy atom. The van der Waals surface area contributed by atoms with E-state index >= 15 is 0 Å². The van der Waals surface area contributed by atoms with Crippen LogP contribution in [0.15, 0.2) is 35.7 Å². The quantitative estimate of drug-likeness (QED) is 0.640. The number of alkyl halides is 3. The second-order valence-corrected chi connectivity index (χ2v) is 4.22. The number of benzene rings is 1. The fraction of sp³-hybridized carbons (Fsp3) is 0.0833. The molecule has 0 spiro atoms. The van der Waals surface area contributed by atoms with E-state index in [1.165, 1.54) is 24.3 Å². The fourth-order valence-corrected chi connectivity index (χ4v) is 1.77. The maximum atomic E-state index is 12.5. The standard InChI is InChI=1S/C12H7F3N2OS/c13-12(14,15)9-3-1-2-8(6-9)11(18)5-4-10-7-19-17-16-10/h1-7H/b5-4+. The van der Waals surface area contributed by atoms with Crippen LogP contribution in [0.4, 0.5) is 13.2 Å². The van der Waals surface area contributed by atoms with Crippen molar-refractivity contribution >= 4 is 23.4 Å². The van der Waals surface area contributed by atoms with Gasteiger partial charge in [-0.25, -0.2) is 0 Å². The van der Waals surface area contributed by atoms with Gasteiger partial charge in [0.1, 0.15) is 0 Å². The van der Waals surface area contributed by atoms with E-state index in [-0.39, 0.29) is 5.56 Å². The molecule has 1 aromatic heterocycles. The first-order chi connectivity index (χ1) is 8.97. The van der Waals surface area contributed by atoms with Crippen LogP contribution < -0.4 is 0 Å². The Balaban J connectivity index is 2.20. The largest absolute Gasteiger partial charge is 0.416 e. The number of nitrogens with zero attached hydrogens (tertiary/aromatic N) is 2. The minimum absolute atomic E-state index is 0.0192. The van der Waals surface area contributed by atoms with Gasteiger partial charge in [0.25, 0.3) is 0 Å². The highest BCUT2D eigenvalue weighted by Crippen LogP contribution is 2.29. The molecule has 0 unspecified atom stereocenters. The average Bonchev–Trinajstić information content (AvgIpc) is 2.88. The summed E-state index contributed by atoms with van der Waals surface area (Å²) in [6.07, 6.45) is -1.88. The Kier molecular flexibility index (Phi) is 3.75. The van der Waals surface area contributed by atoms with E-state index in [2.05, 4.69) is 9.59 Å². The molecular formula is C12H7F3N2OS. The van der Waals surface area contributed by atoms with Gasteiger partial charge >= 0.3 is 6.18 Å². The van der Waals surface area contributed by atoms with Gasteiger partial charge in [0, 0.05) is 10.9 Å². The highest BCUT2D eigenvalue weighted by atomic mass is 32.1. The molecule has 98 valence electrons. The highest BCUT2D eigenvalue weighted by molar-refractivity contribution is 7.03. The number of halogens is 3. The Morgan fingerprint density at radius 3 is 2.74 bits per heavy atom. The van der Waals surface area contributed by atoms with E-state index in [4.69, 9.17) is 0 Å². The molecule has 7 heteroatoms. The van der Waals surface area contributed by atoms with E-state index in [1.807, 2.05) is 0 Å². The van der Waals surface area contributed by atoms with Gasteiger partial charge in [-0.15, -0.1) is 5.10 Å². The van der Waals surface area contributed by atoms with Gasteiger partial charge in [0.2, 0.25) is 0 Å². The molecule has 0 saturated heterocycles. The lowest BCUT2D eigenvalue weighted by molar-refractivity contribution is -0.137. The molecule has 0 aliphatic heterocycles. The number of hydrogen-bond acceptors (Lipinski definition) is 4. The molecule has 1 aromatic carbocycles. The molecule has 2 aromatic rings. The minimum atomic E-state index is -4.46. The number of rotatable bonds is 3. The maximum absolute atomic E-state index is 12.5. The van der Waals surface area contributed by atoms with Crippen LogP contribution in [0, 0.1) is 0 Å². The molecule has 0 saturated carbocycles. The van der Waals surface area contributed by atoms with Crippen molar-refractivity contribution in [3.63, 3.8) is 0 Å². The highest BCUT2D eigenvalue weighted by Gasteiger charge is 2.30. The molecule has 0 N–H and O–H groups in total. The molecule has 1 heterocycles. The topological polar surface area (TPSA) is 42.9 Å². The van der Waals surface area contributed by atoms with E-state index in [1.54, 1.807) is 5.38 Å². The van der Waals surface area contributed by atoms with E-state index in [0.717, 1.165) is 23.7 Å². The van der Waals surface area contributed by atoms with Crippen LogP contribution in [0.25, 0.3) is 6.08 Å². The summed E-state index contributed by atoms with van der Waals surface area (Å²) >= 11 is 1.12. The predicted octanol–water partition coefficient (Wildman–Crippen LogP) is 3.45. The molecule has 0 atom stereocenters. The van der Waals surface area contributed by atoms with Gasteiger partial charge in [0.15, 0.2) is 5.78 Å². The molecule has 0 amide bonds. The molecule has 3 nitrogen and oxygen atoms in total. The Labute approximate surface area is 110 Å². The molecular weight excluding hydrogens is 277 g/mol. The number of ketones is 1. The molecule has 0 fully saturated rings. The summed E-state index contributed by atoms with van der Waals surface area (Å²) in [5, 5.41) is 5.31. The fourth-order valence-electron chi connectivity index (χ4n) is 1.35. The van der Waals surface area contributed by atoms with Crippen molar-refractivity contribution in [3.05, 3.63) is 52.5 Å². The second kappa shape index (κ2) is 5.31. The zero-order chi connectivity index (χ0) is 13.9. The van der Waals surface area contributed by atoms with Gasteiger partial charge in [-0.2, -0.15) is 13.2 Å². The van der Waals surface area contributed by atoms with Crippen LogP contribution in [0.3, 0.4) is 0 Å². The van der Waals surface area contributed by atoms with E-state index in [9.17, 15) is 18.0 Å². The van der Waals surface area contributed by atoms with Crippen LogP contribution in [0.5, 0.6) is 0 Å². The summed E-state index contributed by atoms with van der Waals surface area (Å²) in [6.45, 7) is 0. The van der Waals surface area contributed by atoms with E-state index in [0.29, 0.717) is 5.69 Å². The number of aromatic nitrogens is 2. The average molecular weight is 284 g/mol. The molecule has 19 heavy (non-hydrogen) atoms. The zero-order valence-electron chi connectivity index (χ0n) is 9.39. The van der Waals surface area contributed by atoms with Gasteiger partial charge in [0.05, 0.1) is 11.3 Å². The Morgan fingerprint density at radius 1 is 1.32 bits per heavy atom. The maximum Gasteiger partial charge on any atom is 0.416 e. The lowest BCUT2D eigenvalue weighted by atomic mass is 10.1. The van der Waals surface area contributed by atoms with Crippen molar-refractivity contribution in [3.8, 4) is 0 Å². The van der Waals surface area contributed by atoms with Crippen molar-refractivity contribution in [1.29, 1.82) is 0 Å². The van der Waals surface area contributed by atoms with Gasteiger partial charge in [-0.3, -0.25) is 4.79 Å². The molecule has 0 bridgehead atoms. The molecule has 0 radical (unpaired) electrons. The minimum Gasteiger partial charge on any atom is -0.289 e. The van der Waals surface area contributed by atoms with Crippen molar-refractivity contribution in [1.82, 2.24) is 9.59 Å². The third-order valence-electron chi connectivity index (χ3n) is 2.26. The lowest BCUT2D eigenvalue weighted by Crippen LogP contribution is -2.06. The first kappa shape index (κ1) is 13.4. The lowest BCUT2D eigenvalue weighted by Gasteiger charge is -2.06. The Hall–Kier alpha value is -2.02. The summed E-state index contributed by atoms with van der Waals surface area (Å²) in [4.78, 5) is 11.7. The van der Waals surface area contributed by atoms with Gasteiger partial charge in [-0.1, -0.05) is 16.6 Å². The van der Waals surface area contributed by atoms with E-state index < -0.39 is 17.5 Å². The van der Waals surface area contributed by atoms with Gasteiger partial charge < -0.3 is 0 Å². The molecule has 2 rings (SSSR count). The summed E-state index contributed by atoms with van der Waals surface area (Å²) in [6, 6.07) is 4.28. The van der Waals surface area contributed by atoms with Crippen molar-refractivity contribution in [2.45, 2.75) is 6.18 Å². The van der Waals surface area contributed by atoms with Crippen molar-refractivity contribution < 1.29 is 18.0 Å². The third-order valence-corrected chi connectivity index (χ3v) is 2.78. The van der Waals surface area contributed by atoms with Crippen molar-refractivity contribution in [2.75, 3.05) is 0 Å². The predicted molar refractivity (Wildman–Crippen MR) is 64.7 cm³/mol. The second-order valence-electron chi connectivity index (χ2n) is 3.61. The number of hydrogen-bond donors (Lipinski definition) is 0. The summed E-state index contributed by atoms with van der Waals surface area (Å²) in [7, 11) is 0. The number of carbonyl (C=O) groups is 1. The first-order valence-electron chi connectivity index (χ1n) is 5.13. The zero-order valence-corrected chi connectivity index (χ0v) is 10.2. The molecule has 0 aliphatic carbocycles. The summed E-state index contributed by atoms with van der Waals surface area (Å²) in [5.74, 6) is -0.515. The SMILES string of the molecule is O=C(/C=C/c1csnn1)c1cccc(C(F)(F)F)c1.